The summed E-state index contributed by atoms with van der Waals surface area (Å²) >= 11 is 0. The van der Waals surface area contributed by atoms with E-state index in [0.29, 0.717) is 23.6 Å². The van der Waals surface area contributed by atoms with Crippen LogP contribution >= 0.6 is 0 Å². The molecule has 1 fully saturated rings. The summed E-state index contributed by atoms with van der Waals surface area (Å²) in [5.41, 5.74) is 1.60. The molecule has 2 aromatic carbocycles. The number of fused-ring (bicyclic) bond motifs is 1. The normalized spacial score (nSPS) is 16.4. The number of non-ortho nitro benzene ring substituents is 1. The molecule has 0 radical (unpaired) electrons. The molecule has 0 atom stereocenters. The van der Waals surface area contributed by atoms with Gasteiger partial charge in [-0.3, -0.25) is 29.5 Å². The average molecular weight is 435 g/mol. The van der Waals surface area contributed by atoms with Crippen molar-refractivity contribution in [2.45, 2.75) is 19.3 Å². The number of piperidine rings is 1. The van der Waals surface area contributed by atoms with E-state index < -0.39 is 22.6 Å². The van der Waals surface area contributed by atoms with Crippen molar-refractivity contribution in [3.05, 3.63) is 63.7 Å². The van der Waals surface area contributed by atoms with E-state index in [4.69, 9.17) is 0 Å². The Kier molecular flexibility index (Phi) is 6.04. The molecule has 0 aromatic heterocycles. The zero-order valence-electron chi connectivity index (χ0n) is 17.2. The number of hydrogen-bond donors (Lipinski definition) is 1. The van der Waals surface area contributed by atoms with Crippen molar-refractivity contribution in [3.8, 4) is 0 Å². The van der Waals surface area contributed by atoms with E-state index >= 15 is 0 Å². The first-order valence-electron chi connectivity index (χ1n) is 10.2. The van der Waals surface area contributed by atoms with Crippen LogP contribution in [-0.4, -0.2) is 53.5 Å². The number of aliphatic imine (C=N–C) groups is 1. The maximum absolute atomic E-state index is 12.5. The van der Waals surface area contributed by atoms with Crippen molar-refractivity contribution < 1.29 is 19.3 Å². The maximum Gasteiger partial charge on any atom is 0.345 e. The van der Waals surface area contributed by atoms with Crippen LogP contribution in [0.15, 0.2) is 47.5 Å². The van der Waals surface area contributed by atoms with E-state index in [1.54, 1.807) is 12.1 Å². The number of hydrogen-bond acceptors (Lipinski definition) is 6. The lowest BCUT2D eigenvalue weighted by atomic mass is 10.1. The summed E-state index contributed by atoms with van der Waals surface area (Å²) in [6.07, 6.45) is 4.61. The first kappa shape index (κ1) is 21.3. The van der Waals surface area contributed by atoms with Crippen LogP contribution in [0.3, 0.4) is 0 Å². The van der Waals surface area contributed by atoms with Crippen LogP contribution in [0.1, 0.15) is 35.2 Å². The van der Waals surface area contributed by atoms with Gasteiger partial charge in [-0.05, 0) is 61.8 Å². The Bertz CT molecular complexity index is 1110. The number of carbonyl (C=O) groups excluding carboxylic acids is 3. The second-order valence-electron chi connectivity index (χ2n) is 7.65. The summed E-state index contributed by atoms with van der Waals surface area (Å²) in [6.45, 7) is 2.17. The number of anilines is 2. The standard InChI is InChI=1S/C22H21N5O5/c28-20-18-12-16(24-22(30)23-13-15-4-7-17(8-5-15)27(31)32)6-9-19(18)26(21(20)29)14-25-10-2-1-3-11-25/h4-9,12-13H,1-3,10-11,14H2,(H,24,30). The highest BCUT2D eigenvalue weighted by molar-refractivity contribution is 6.52. The first-order valence-corrected chi connectivity index (χ1v) is 10.2. The van der Waals surface area contributed by atoms with Crippen LogP contribution in [0, 0.1) is 10.1 Å². The molecule has 32 heavy (non-hydrogen) atoms. The Hall–Kier alpha value is -3.92. The molecule has 1 N–H and O–H groups in total. The third-order valence-corrected chi connectivity index (χ3v) is 5.45. The van der Waals surface area contributed by atoms with Crippen molar-refractivity contribution in [2.75, 3.05) is 30.0 Å². The van der Waals surface area contributed by atoms with Gasteiger partial charge < -0.3 is 5.32 Å². The van der Waals surface area contributed by atoms with E-state index in [-0.39, 0.29) is 11.3 Å². The van der Waals surface area contributed by atoms with Crippen LogP contribution in [0.4, 0.5) is 21.9 Å². The molecule has 0 saturated carbocycles. The summed E-state index contributed by atoms with van der Waals surface area (Å²) in [6, 6.07) is 9.66. The third-order valence-electron chi connectivity index (χ3n) is 5.45. The van der Waals surface area contributed by atoms with Gasteiger partial charge in [0.25, 0.3) is 11.5 Å². The number of nitro benzene ring substituents is 1. The number of amides is 3. The van der Waals surface area contributed by atoms with E-state index in [1.165, 1.54) is 47.9 Å². The number of nitrogens with one attached hydrogen (secondary N) is 1. The highest BCUT2D eigenvalue weighted by Gasteiger charge is 2.37. The van der Waals surface area contributed by atoms with Gasteiger partial charge >= 0.3 is 11.9 Å². The lowest BCUT2D eigenvalue weighted by Gasteiger charge is -2.30. The number of nitro groups is 1. The van der Waals surface area contributed by atoms with Crippen molar-refractivity contribution >= 4 is 41.0 Å². The fourth-order valence-corrected chi connectivity index (χ4v) is 3.79. The molecule has 2 aliphatic heterocycles. The maximum atomic E-state index is 12.5. The lowest BCUT2D eigenvalue weighted by Crippen LogP contribution is -2.43. The predicted octanol–water partition coefficient (Wildman–Crippen LogP) is 3.22. The molecule has 1 saturated heterocycles. The molecule has 0 spiro atoms. The van der Waals surface area contributed by atoms with Crippen molar-refractivity contribution in [2.24, 2.45) is 4.99 Å². The van der Waals surface area contributed by atoms with Gasteiger partial charge in [-0.1, -0.05) is 6.42 Å². The summed E-state index contributed by atoms with van der Waals surface area (Å²) in [7, 11) is 0. The summed E-state index contributed by atoms with van der Waals surface area (Å²) in [4.78, 5) is 54.7. The molecular formula is C22H21N5O5. The Morgan fingerprint density at radius 1 is 1.09 bits per heavy atom. The molecule has 0 bridgehead atoms. The topological polar surface area (TPSA) is 125 Å². The molecule has 0 unspecified atom stereocenters. The number of nitrogens with zero attached hydrogens (tertiary/aromatic N) is 4. The smallest absolute Gasteiger partial charge is 0.306 e. The fourth-order valence-electron chi connectivity index (χ4n) is 3.79. The van der Waals surface area contributed by atoms with E-state index in [1.807, 2.05) is 0 Å². The Morgan fingerprint density at radius 3 is 2.50 bits per heavy atom. The van der Waals surface area contributed by atoms with Crippen LogP contribution in [0.2, 0.25) is 0 Å². The predicted molar refractivity (Wildman–Crippen MR) is 118 cm³/mol. The molecule has 2 heterocycles. The van der Waals surface area contributed by atoms with Crippen LogP contribution < -0.4 is 10.2 Å². The van der Waals surface area contributed by atoms with Crippen molar-refractivity contribution in [3.63, 3.8) is 0 Å². The highest BCUT2D eigenvalue weighted by atomic mass is 16.6. The molecule has 2 aliphatic rings. The van der Waals surface area contributed by atoms with Crippen LogP contribution in [0.5, 0.6) is 0 Å². The number of rotatable bonds is 5. The molecule has 10 nitrogen and oxygen atoms in total. The number of likely N-dealkylation sites (tertiary alicyclic amines) is 1. The Morgan fingerprint density at radius 2 is 1.81 bits per heavy atom. The third kappa shape index (κ3) is 4.54. The van der Waals surface area contributed by atoms with Crippen molar-refractivity contribution in [1.29, 1.82) is 0 Å². The summed E-state index contributed by atoms with van der Waals surface area (Å²) in [5, 5.41) is 13.2. The Balaban J connectivity index is 1.43. The van der Waals surface area contributed by atoms with Gasteiger partial charge in [0.05, 0.1) is 22.8 Å². The highest BCUT2D eigenvalue weighted by Crippen LogP contribution is 2.32. The van der Waals surface area contributed by atoms with Gasteiger partial charge in [-0.25, -0.2) is 9.79 Å². The van der Waals surface area contributed by atoms with Gasteiger partial charge in [-0.15, -0.1) is 0 Å². The quantitative estimate of drug-likeness (QED) is 0.333. The monoisotopic (exact) mass is 435 g/mol. The molecule has 164 valence electrons. The zero-order chi connectivity index (χ0) is 22.7. The van der Waals surface area contributed by atoms with Crippen LogP contribution in [-0.2, 0) is 4.79 Å². The molecule has 10 heteroatoms. The minimum atomic E-state index is -0.676. The second kappa shape index (κ2) is 9.06. The molecule has 3 amide bonds. The minimum absolute atomic E-state index is 0.0571. The van der Waals surface area contributed by atoms with Gasteiger partial charge in [0.15, 0.2) is 0 Å². The first-order chi connectivity index (χ1) is 15.4. The van der Waals surface area contributed by atoms with Crippen LogP contribution in [0.25, 0.3) is 0 Å². The molecular weight excluding hydrogens is 414 g/mol. The van der Waals surface area contributed by atoms with E-state index in [2.05, 4.69) is 15.2 Å². The average Bonchev–Trinajstić information content (AvgIpc) is 3.03. The molecule has 0 aliphatic carbocycles. The van der Waals surface area contributed by atoms with E-state index in [0.717, 1.165) is 25.9 Å². The molecule has 4 rings (SSSR count). The molecule has 2 aromatic rings. The minimum Gasteiger partial charge on any atom is -0.306 e. The zero-order valence-corrected chi connectivity index (χ0v) is 17.2. The fraction of sp³-hybridized carbons (Fsp3) is 0.273. The van der Waals surface area contributed by atoms with Gasteiger partial charge in [-0.2, -0.15) is 0 Å². The number of benzene rings is 2. The largest absolute Gasteiger partial charge is 0.345 e. The van der Waals surface area contributed by atoms with Crippen molar-refractivity contribution in [1.82, 2.24) is 4.90 Å². The number of Topliss-reactive ketones (excluding diaryl/α,β-unsaturated/α-hetero) is 1. The summed E-state index contributed by atoms with van der Waals surface area (Å²) in [5.74, 6) is -1.16. The second-order valence-corrected chi connectivity index (χ2v) is 7.65. The number of urea groups is 1. The van der Waals surface area contributed by atoms with Gasteiger partial charge in [0.2, 0.25) is 0 Å². The lowest BCUT2D eigenvalue weighted by molar-refractivity contribution is -0.384. The van der Waals surface area contributed by atoms with E-state index in [9.17, 15) is 24.5 Å². The van der Waals surface area contributed by atoms with Gasteiger partial charge in [0.1, 0.15) is 0 Å². The SMILES string of the molecule is O=C(N=Cc1ccc([N+](=O)[O-])cc1)Nc1ccc2c(c1)C(=O)C(=O)N2CN1CCCCC1. The summed E-state index contributed by atoms with van der Waals surface area (Å²) < 4.78 is 0. The van der Waals surface area contributed by atoms with Gasteiger partial charge in [0, 0.05) is 24.0 Å². The number of carbonyl (C=O) groups is 3. The number of ketones is 1. The Labute approximate surface area is 183 Å².